The number of amides is 1. The number of alkyl halides is 3. The summed E-state index contributed by atoms with van der Waals surface area (Å²) in [6.45, 7) is 4.30. The number of aromatic nitrogens is 1. The van der Waals surface area contributed by atoms with Crippen LogP contribution < -0.4 is 10.2 Å². The second-order valence-corrected chi connectivity index (χ2v) is 7.22. The molecule has 2 fully saturated rings. The minimum absolute atomic E-state index is 0.0663. The first-order valence-electron chi connectivity index (χ1n) is 8.69. The molecule has 2 N–H and O–H groups in total. The van der Waals surface area contributed by atoms with Crippen LogP contribution in [0.1, 0.15) is 6.42 Å². The zero-order chi connectivity index (χ0) is 20.3. The molecule has 2 aromatic rings. The van der Waals surface area contributed by atoms with E-state index in [1.807, 2.05) is 11.0 Å². The van der Waals surface area contributed by atoms with Gasteiger partial charge in [-0.3, -0.25) is 4.79 Å². The Hall–Kier alpha value is -2.40. The molecule has 3 heterocycles. The first-order valence-corrected chi connectivity index (χ1v) is 9.46. The Morgan fingerprint density at radius 3 is 2.32 bits per heavy atom. The van der Waals surface area contributed by atoms with Crippen LogP contribution in [0.15, 0.2) is 24.3 Å². The maximum absolute atomic E-state index is 12.2. The van der Waals surface area contributed by atoms with Gasteiger partial charge in [-0.25, -0.2) is 4.79 Å². The Bertz CT molecular complexity index is 846. The lowest BCUT2D eigenvalue weighted by Gasteiger charge is -2.38. The summed E-state index contributed by atoms with van der Waals surface area (Å²) in [4.78, 5) is 25.4. The number of nitrogens with one attached hydrogen (secondary N) is 1. The number of aliphatic carboxylic acids is 1. The molecule has 4 rings (SSSR count). The van der Waals surface area contributed by atoms with Gasteiger partial charge >= 0.3 is 12.1 Å². The molecule has 0 radical (unpaired) electrons. The minimum atomic E-state index is -5.08. The Balaban J connectivity index is 0.000000279. The molecule has 1 atom stereocenters. The summed E-state index contributed by atoms with van der Waals surface area (Å²) in [5, 5.41) is 11.5. The summed E-state index contributed by atoms with van der Waals surface area (Å²) in [7, 11) is 0. The van der Waals surface area contributed by atoms with Crippen LogP contribution in [0.2, 0.25) is 0 Å². The number of carboxylic acid groups (broad SMARTS) is 1. The molecule has 2 saturated heterocycles. The highest BCUT2D eigenvalue weighted by Gasteiger charge is 2.38. The Morgan fingerprint density at radius 1 is 1.18 bits per heavy atom. The van der Waals surface area contributed by atoms with Gasteiger partial charge in [-0.1, -0.05) is 12.1 Å². The van der Waals surface area contributed by atoms with E-state index in [2.05, 4.69) is 32.8 Å². The van der Waals surface area contributed by atoms with Crippen molar-refractivity contribution in [2.24, 2.45) is 0 Å². The van der Waals surface area contributed by atoms with Crippen molar-refractivity contribution in [2.75, 3.05) is 37.6 Å². The number of benzene rings is 1. The Kier molecular flexibility index (Phi) is 6.04. The van der Waals surface area contributed by atoms with E-state index in [9.17, 15) is 18.0 Å². The molecule has 0 unspecified atom stereocenters. The standard InChI is InChI=1S/C15H18N4OS.C2HF3O2/c20-15(12-5-6-16-12)19-9-7-18(8-10-19)14-11-3-1-2-4-13(11)21-17-14;3-2(4,5)1(6)7/h1-4,12,16H,5-10H2;(H,6,7)/t12-;/m1./s1. The highest BCUT2D eigenvalue weighted by molar-refractivity contribution is 7.13. The highest BCUT2D eigenvalue weighted by Crippen LogP contribution is 2.29. The summed E-state index contributed by atoms with van der Waals surface area (Å²) in [5.74, 6) is -1.42. The number of nitrogens with zero attached hydrogens (tertiary/aromatic N) is 3. The number of carboxylic acids is 1. The lowest BCUT2D eigenvalue weighted by molar-refractivity contribution is -0.192. The number of anilines is 1. The largest absolute Gasteiger partial charge is 0.490 e. The van der Waals surface area contributed by atoms with Crippen LogP contribution in [0.3, 0.4) is 0 Å². The topological polar surface area (TPSA) is 85.8 Å². The normalized spacial score (nSPS) is 19.6. The van der Waals surface area contributed by atoms with Crippen LogP contribution in [-0.4, -0.2) is 71.2 Å². The molecule has 11 heteroatoms. The van der Waals surface area contributed by atoms with Crippen LogP contribution in [0.5, 0.6) is 0 Å². The van der Waals surface area contributed by atoms with E-state index in [4.69, 9.17) is 9.90 Å². The van der Waals surface area contributed by atoms with Crippen molar-refractivity contribution in [1.82, 2.24) is 14.6 Å². The minimum Gasteiger partial charge on any atom is -0.475 e. The van der Waals surface area contributed by atoms with E-state index in [1.165, 1.54) is 10.1 Å². The molecule has 2 aliphatic rings. The van der Waals surface area contributed by atoms with Crippen LogP contribution >= 0.6 is 11.5 Å². The molecular formula is C17H19F3N4O3S. The van der Waals surface area contributed by atoms with E-state index in [0.29, 0.717) is 0 Å². The average Bonchev–Trinajstić information content (AvgIpc) is 3.04. The van der Waals surface area contributed by atoms with Crippen LogP contribution in [0, 0.1) is 0 Å². The number of rotatable bonds is 2. The van der Waals surface area contributed by atoms with Gasteiger partial charge in [0.1, 0.15) is 5.82 Å². The van der Waals surface area contributed by atoms with E-state index in [0.717, 1.165) is 45.0 Å². The molecule has 0 spiro atoms. The molecule has 1 amide bonds. The summed E-state index contributed by atoms with van der Waals surface area (Å²) in [6.07, 6.45) is -4.10. The first-order chi connectivity index (χ1) is 13.3. The van der Waals surface area contributed by atoms with E-state index < -0.39 is 12.1 Å². The second-order valence-electron chi connectivity index (χ2n) is 6.41. The van der Waals surface area contributed by atoms with Crippen LogP contribution in [-0.2, 0) is 9.59 Å². The molecule has 1 aromatic heterocycles. The zero-order valence-electron chi connectivity index (χ0n) is 14.8. The van der Waals surface area contributed by atoms with Crippen molar-refractivity contribution in [3.63, 3.8) is 0 Å². The summed E-state index contributed by atoms with van der Waals surface area (Å²) >= 11 is 1.55. The third-order valence-electron chi connectivity index (χ3n) is 4.61. The van der Waals surface area contributed by atoms with Gasteiger partial charge in [0.05, 0.1) is 10.7 Å². The fourth-order valence-electron chi connectivity index (χ4n) is 2.96. The smallest absolute Gasteiger partial charge is 0.475 e. The third kappa shape index (κ3) is 4.53. The van der Waals surface area contributed by atoms with E-state index in [-0.39, 0.29) is 11.9 Å². The molecule has 0 saturated carbocycles. The van der Waals surface area contributed by atoms with Gasteiger partial charge < -0.3 is 20.2 Å². The summed E-state index contributed by atoms with van der Waals surface area (Å²) < 4.78 is 37.6. The Morgan fingerprint density at radius 2 is 1.79 bits per heavy atom. The number of halogens is 3. The SMILES string of the molecule is O=C(O)C(F)(F)F.O=C([C@H]1CCN1)N1CCN(c2nsc3ccccc23)CC1. The highest BCUT2D eigenvalue weighted by atomic mass is 32.1. The number of carbonyl (C=O) groups excluding carboxylic acids is 1. The lowest BCUT2D eigenvalue weighted by Crippen LogP contribution is -2.58. The van der Waals surface area contributed by atoms with Gasteiger partial charge in [0.25, 0.3) is 0 Å². The zero-order valence-corrected chi connectivity index (χ0v) is 15.6. The molecule has 0 aliphatic carbocycles. The molecule has 152 valence electrons. The first kappa shape index (κ1) is 20.3. The van der Waals surface area contributed by atoms with Gasteiger partial charge in [0.2, 0.25) is 5.91 Å². The number of piperazine rings is 1. The predicted molar refractivity (Wildman–Crippen MR) is 98.5 cm³/mol. The van der Waals surface area contributed by atoms with Crippen molar-refractivity contribution in [3.05, 3.63) is 24.3 Å². The molecule has 1 aromatic carbocycles. The fraction of sp³-hybridized carbons (Fsp3) is 0.471. The number of carbonyl (C=O) groups is 2. The van der Waals surface area contributed by atoms with Crippen LogP contribution in [0.25, 0.3) is 10.1 Å². The van der Waals surface area contributed by atoms with Crippen molar-refractivity contribution in [3.8, 4) is 0 Å². The molecule has 2 aliphatic heterocycles. The van der Waals surface area contributed by atoms with Gasteiger partial charge in [-0.05, 0) is 36.6 Å². The van der Waals surface area contributed by atoms with Crippen molar-refractivity contribution < 1.29 is 27.9 Å². The van der Waals surface area contributed by atoms with Gasteiger partial charge in [0, 0.05) is 31.6 Å². The molecule has 28 heavy (non-hydrogen) atoms. The average molecular weight is 416 g/mol. The molecular weight excluding hydrogens is 397 g/mol. The maximum atomic E-state index is 12.2. The van der Waals surface area contributed by atoms with Crippen molar-refractivity contribution in [2.45, 2.75) is 18.6 Å². The second kappa shape index (κ2) is 8.31. The van der Waals surface area contributed by atoms with E-state index >= 15 is 0 Å². The predicted octanol–water partition coefficient (Wildman–Crippen LogP) is 1.94. The van der Waals surface area contributed by atoms with Crippen molar-refractivity contribution >= 4 is 39.3 Å². The number of hydrogen-bond donors (Lipinski definition) is 2. The van der Waals surface area contributed by atoms with E-state index in [1.54, 1.807) is 11.5 Å². The van der Waals surface area contributed by atoms with Gasteiger partial charge in [-0.2, -0.15) is 17.5 Å². The lowest BCUT2D eigenvalue weighted by atomic mass is 10.1. The molecule has 0 bridgehead atoms. The van der Waals surface area contributed by atoms with Gasteiger partial charge in [-0.15, -0.1) is 0 Å². The molecule has 7 nitrogen and oxygen atoms in total. The maximum Gasteiger partial charge on any atom is 0.490 e. The van der Waals surface area contributed by atoms with Gasteiger partial charge in [0.15, 0.2) is 0 Å². The summed E-state index contributed by atoms with van der Waals surface area (Å²) in [6, 6.07) is 8.41. The van der Waals surface area contributed by atoms with Crippen LogP contribution in [0.4, 0.5) is 19.0 Å². The quantitative estimate of drug-likeness (QED) is 0.778. The fourth-order valence-corrected chi connectivity index (χ4v) is 3.75. The Labute approximate surface area is 162 Å². The van der Waals surface area contributed by atoms with Crippen molar-refractivity contribution in [1.29, 1.82) is 0 Å². The number of hydrogen-bond acceptors (Lipinski definition) is 6. The number of fused-ring (bicyclic) bond motifs is 1. The third-order valence-corrected chi connectivity index (χ3v) is 5.43. The summed E-state index contributed by atoms with van der Waals surface area (Å²) in [5.41, 5.74) is 0. The monoisotopic (exact) mass is 416 g/mol.